The fourth-order valence-electron chi connectivity index (χ4n) is 3.77. The minimum Gasteiger partial charge on any atom is -0.337 e. The lowest BCUT2D eigenvalue weighted by Gasteiger charge is -2.35. The molecule has 1 N–H and O–H groups in total. The van der Waals surface area contributed by atoms with Crippen molar-refractivity contribution in [3.05, 3.63) is 45.4 Å². The summed E-state index contributed by atoms with van der Waals surface area (Å²) >= 11 is 0. The zero-order chi connectivity index (χ0) is 19.1. The van der Waals surface area contributed by atoms with Crippen LogP contribution in [0.3, 0.4) is 0 Å². The maximum absolute atomic E-state index is 12.6. The van der Waals surface area contributed by atoms with Crippen LogP contribution < -0.4 is 16.6 Å². The molecule has 4 heterocycles. The molecule has 3 aromatic rings. The molecule has 1 unspecified atom stereocenters. The van der Waals surface area contributed by atoms with Gasteiger partial charge in [-0.3, -0.25) is 18.8 Å². The summed E-state index contributed by atoms with van der Waals surface area (Å²) < 4.78 is 6.42. The molecule has 0 aromatic carbocycles. The van der Waals surface area contributed by atoms with E-state index < -0.39 is 0 Å². The molecule has 10 heteroatoms. The van der Waals surface area contributed by atoms with Crippen LogP contribution in [0.1, 0.15) is 11.9 Å². The molecular formula is C17H24N8O2. The maximum Gasteiger partial charge on any atom is 0.332 e. The first-order valence-electron chi connectivity index (χ1n) is 9.02. The van der Waals surface area contributed by atoms with Gasteiger partial charge in [0.15, 0.2) is 11.2 Å². The van der Waals surface area contributed by atoms with Crippen LogP contribution in [0.25, 0.3) is 11.2 Å². The van der Waals surface area contributed by atoms with Crippen LogP contribution in [-0.4, -0.2) is 59.3 Å². The molecule has 0 spiro atoms. The van der Waals surface area contributed by atoms with E-state index in [0.29, 0.717) is 17.7 Å². The van der Waals surface area contributed by atoms with E-state index in [9.17, 15) is 9.59 Å². The Morgan fingerprint density at radius 3 is 2.70 bits per heavy atom. The van der Waals surface area contributed by atoms with Gasteiger partial charge in [-0.1, -0.05) is 0 Å². The van der Waals surface area contributed by atoms with Gasteiger partial charge >= 0.3 is 5.69 Å². The number of nitrogens with one attached hydrogen (secondary N) is 1. The molecule has 0 saturated carbocycles. The number of imidazole rings is 2. The van der Waals surface area contributed by atoms with E-state index in [4.69, 9.17) is 0 Å². The first-order valence-corrected chi connectivity index (χ1v) is 9.02. The number of nitrogens with zero attached hydrogens (tertiary/aromatic N) is 7. The summed E-state index contributed by atoms with van der Waals surface area (Å²) in [6.07, 6.45) is 5.41. The molecule has 1 aliphatic rings. The second-order valence-corrected chi connectivity index (χ2v) is 6.97. The standard InChI is InChI=1S/C17H24N8O2/c1-21-6-5-19-14(21)12-10-18-4-7-24(12)8-9-25-11-20-15-13(25)16(26)23(3)17(27)22(15)2/h5-6,11-12,18H,4,7-10H2,1-3H3. The molecule has 1 aliphatic heterocycles. The van der Waals surface area contributed by atoms with Crippen LogP contribution in [-0.2, 0) is 27.7 Å². The van der Waals surface area contributed by atoms with Crippen molar-refractivity contribution in [1.82, 2.24) is 38.5 Å². The molecule has 3 aromatic heterocycles. The van der Waals surface area contributed by atoms with Crippen LogP contribution in [0.2, 0.25) is 0 Å². The minimum atomic E-state index is -0.366. The molecule has 1 atom stereocenters. The molecule has 1 fully saturated rings. The average molecular weight is 372 g/mol. The Kier molecular flexibility index (Phi) is 4.44. The summed E-state index contributed by atoms with van der Waals surface area (Å²) in [7, 11) is 5.13. The number of aryl methyl sites for hydroxylation is 2. The van der Waals surface area contributed by atoms with Gasteiger partial charge < -0.3 is 14.5 Å². The van der Waals surface area contributed by atoms with Gasteiger partial charge in [0.1, 0.15) is 5.82 Å². The highest BCUT2D eigenvalue weighted by atomic mass is 16.2. The first kappa shape index (κ1) is 17.7. The third-order valence-electron chi connectivity index (χ3n) is 5.36. The van der Waals surface area contributed by atoms with Crippen molar-refractivity contribution in [3.63, 3.8) is 0 Å². The predicted octanol–water partition coefficient (Wildman–Crippen LogP) is -1.19. The summed E-state index contributed by atoms with van der Waals surface area (Å²) in [5, 5.41) is 3.43. The van der Waals surface area contributed by atoms with Crippen molar-refractivity contribution in [2.24, 2.45) is 21.1 Å². The van der Waals surface area contributed by atoms with Gasteiger partial charge in [0.2, 0.25) is 0 Å². The van der Waals surface area contributed by atoms with E-state index in [-0.39, 0.29) is 17.3 Å². The number of hydrogen-bond donors (Lipinski definition) is 1. The zero-order valence-electron chi connectivity index (χ0n) is 15.8. The van der Waals surface area contributed by atoms with Crippen LogP contribution in [0, 0.1) is 0 Å². The summed E-state index contributed by atoms with van der Waals surface area (Å²) in [6.45, 7) is 4.04. The molecule has 4 rings (SSSR count). The highest BCUT2D eigenvalue weighted by Gasteiger charge is 2.26. The number of fused-ring (bicyclic) bond motifs is 1. The number of rotatable bonds is 4. The molecule has 144 valence electrons. The van der Waals surface area contributed by atoms with Crippen molar-refractivity contribution >= 4 is 11.2 Å². The number of aromatic nitrogens is 6. The molecular weight excluding hydrogens is 348 g/mol. The zero-order valence-corrected chi connectivity index (χ0v) is 15.8. The topological polar surface area (TPSA) is 94.9 Å². The van der Waals surface area contributed by atoms with Crippen LogP contribution in [0.4, 0.5) is 0 Å². The third kappa shape index (κ3) is 2.90. The van der Waals surface area contributed by atoms with Gasteiger partial charge in [-0.05, 0) is 0 Å². The van der Waals surface area contributed by atoms with E-state index >= 15 is 0 Å². The molecule has 0 amide bonds. The van der Waals surface area contributed by atoms with Crippen LogP contribution in [0.5, 0.6) is 0 Å². The van der Waals surface area contributed by atoms with E-state index in [0.717, 1.165) is 36.6 Å². The first-order chi connectivity index (χ1) is 13.0. The average Bonchev–Trinajstić information content (AvgIpc) is 3.29. The van der Waals surface area contributed by atoms with Gasteiger partial charge in [0.05, 0.1) is 12.4 Å². The fraction of sp³-hybridized carbons (Fsp3) is 0.529. The Labute approximate surface area is 155 Å². The second-order valence-electron chi connectivity index (χ2n) is 6.97. The predicted molar refractivity (Wildman–Crippen MR) is 101 cm³/mol. The summed E-state index contributed by atoms with van der Waals surface area (Å²) in [4.78, 5) is 35.8. The minimum absolute atomic E-state index is 0.181. The van der Waals surface area contributed by atoms with Crippen molar-refractivity contribution in [2.75, 3.05) is 26.2 Å². The molecule has 0 radical (unpaired) electrons. The largest absolute Gasteiger partial charge is 0.337 e. The van der Waals surface area contributed by atoms with Crippen LogP contribution >= 0.6 is 0 Å². The van der Waals surface area contributed by atoms with Crippen molar-refractivity contribution in [1.29, 1.82) is 0 Å². The fourth-order valence-corrected chi connectivity index (χ4v) is 3.77. The van der Waals surface area contributed by atoms with Gasteiger partial charge in [0, 0.05) is 66.3 Å². The Hall–Kier alpha value is -2.72. The second kappa shape index (κ2) is 6.78. The van der Waals surface area contributed by atoms with Crippen molar-refractivity contribution in [2.45, 2.75) is 12.6 Å². The maximum atomic E-state index is 12.6. The van der Waals surface area contributed by atoms with Gasteiger partial charge in [0.25, 0.3) is 5.56 Å². The van der Waals surface area contributed by atoms with Crippen molar-refractivity contribution in [3.8, 4) is 0 Å². The van der Waals surface area contributed by atoms with E-state index in [1.165, 1.54) is 11.6 Å². The Morgan fingerprint density at radius 1 is 1.15 bits per heavy atom. The van der Waals surface area contributed by atoms with E-state index in [1.807, 2.05) is 28.6 Å². The van der Waals surface area contributed by atoms with Gasteiger partial charge in [-0.25, -0.2) is 14.8 Å². The molecule has 1 saturated heterocycles. The van der Waals surface area contributed by atoms with Gasteiger partial charge in [-0.2, -0.15) is 0 Å². The highest BCUT2D eigenvalue weighted by Crippen LogP contribution is 2.20. The molecule has 10 nitrogen and oxygen atoms in total. The molecule has 27 heavy (non-hydrogen) atoms. The third-order valence-corrected chi connectivity index (χ3v) is 5.36. The SMILES string of the molecule is Cn1ccnc1C1CNCCN1CCn1cnc2c1c(=O)n(C)c(=O)n2C. The summed E-state index contributed by atoms with van der Waals surface area (Å²) in [5.41, 5.74) is 0.202. The molecule has 0 aliphatic carbocycles. The Bertz CT molecular complexity index is 1090. The van der Waals surface area contributed by atoms with Crippen molar-refractivity contribution < 1.29 is 0 Å². The monoisotopic (exact) mass is 372 g/mol. The lowest BCUT2D eigenvalue weighted by Crippen LogP contribution is -2.47. The highest BCUT2D eigenvalue weighted by molar-refractivity contribution is 5.69. The molecule has 0 bridgehead atoms. The summed E-state index contributed by atoms with van der Waals surface area (Å²) in [6, 6.07) is 0.181. The Balaban J connectivity index is 1.62. The smallest absolute Gasteiger partial charge is 0.332 e. The van der Waals surface area contributed by atoms with Gasteiger partial charge in [-0.15, -0.1) is 0 Å². The quantitative estimate of drug-likeness (QED) is 0.619. The number of piperazine rings is 1. The van der Waals surface area contributed by atoms with E-state index in [1.54, 1.807) is 13.4 Å². The van der Waals surface area contributed by atoms with Crippen LogP contribution in [0.15, 0.2) is 28.3 Å². The Morgan fingerprint density at radius 2 is 1.96 bits per heavy atom. The van der Waals surface area contributed by atoms with E-state index in [2.05, 4.69) is 20.2 Å². The lowest BCUT2D eigenvalue weighted by atomic mass is 10.1. The summed E-state index contributed by atoms with van der Waals surface area (Å²) in [5.74, 6) is 1.02. The lowest BCUT2D eigenvalue weighted by molar-refractivity contribution is 0.148. The number of hydrogen-bond acceptors (Lipinski definition) is 6. The normalized spacial score (nSPS) is 18.4.